The predicted octanol–water partition coefficient (Wildman–Crippen LogP) is 3.38. The first-order chi connectivity index (χ1) is 8.22. The lowest BCUT2D eigenvalue weighted by atomic mass is 10.2. The molecule has 2 aromatic rings. The van der Waals surface area contributed by atoms with Crippen LogP contribution in [-0.4, -0.2) is 21.2 Å². The molecular formula is C12H13BrFN3. The third kappa shape index (κ3) is 2.72. The van der Waals surface area contributed by atoms with Crippen LogP contribution >= 0.6 is 15.9 Å². The van der Waals surface area contributed by atoms with Crippen molar-refractivity contribution in [1.82, 2.24) is 14.5 Å². The van der Waals surface area contributed by atoms with E-state index in [-0.39, 0.29) is 6.67 Å². The summed E-state index contributed by atoms with van der Waals surface area (Å²) in [6, 6.07) is 5.81. The molecule has 3 nitrogen and oxygen atoms in total. The molecule has 0 saturated carbocycles. The minimum absolute atomic E-state index is 0.317. The van der Waals surface area contributed by atoms with Crippen molar-refractivity contribution in [3.8, 4) is 11.4 Å². The first-order valence-corrected chi connectivity index (χ1v) is 6.22. The topological polar surface area (TPSA) is 30.7 Å². The fraction of sp³-hybridized carbons (Fsp3) is 0.333. The summed E-state index contributed by atoms with van der Waals surface area (Å²) in [7, 11) is 0. The van der Waals surface area contributed by atoms with Crippen molar-refractivity contribution < 1.29 is 4.39 Å². The molecule has 2 aromatic heterocycles. The number of imidazole rings is 1. The van der Waals surface area contributed by atoms with Gasteiger partial charge in [0.2, 0.25) is 0 Å². The largest absolute Gasteiger partial charge is 0.325 e. The van der Waals surface area contributed by atoms with Gasteiger partial charge in [0.15, 0.2) is 0 Å². The molecule has 0 fully saturated rings. The Bertz CT molecular complexity index is 510. The van der Waals surface area contributed by atoms with E-state index in [9.17, 15) is 4.39 Å². The monoisotopic (exact) mass is 297 g/mol. The molecule has 0 bridgehead atoms. The highest BCUT2D eigenvalue weighted by molar-refractivity contribution is 9.10. The zero-order valence-electron chi connectivity index (χ0n) is 9.53. The first kappa shape index (κ1) is 12.2. The summed E-state index contributed by atoms with van der Waals surface area (Å²) in [4.78, 5) is 8.73. The molecular weight excluding hydrogens is 285 g/mol. The summed E-state index contributed by atoms with van der Waals surface area (Å²) in [5.74, 6) is 0. The molecule has 17 heavy (non-hydrogen) atoms. The average Bonchev–Trinajstić information content (AvgIpc) is 2.68. The molecule has 90 valence electrons. The molecule has 0 N–H and O–H groups in total. The van der Waals surface area contributed by atoms with Gasteiger partial charge in [0.25, 0.3) is 0 Å². The average molecular weight is 298 g/mol. The fourth-order valence-corrected chi connectivity index (χ4v) is 2.17. The second-order valence-corrected chi connectivity index (χ2v) is 4.54. The third-order valence-electron chi connectivity index (χ3n) is 2.44. The van der Waals surface area contributed by atoms with Crippen LogP contribution in [0.3, 0.4) is 0 Å². The smallest absolute Gasteiger partial charge is 0.121 e. The van der Waals surface area contributed by atoms with Gasteiger partial charge in [-0.25, -0.2) is 4.98 Å². The summed E-state index contributed by atoms with van der Waals surface area (Å²) >= 11 is 3.48. The van der Waals surface area contributed by atoms with Crippen molar-refractivity contribution in [2.24, 2.45) is 0 Å². The van der Waals surface area contributed by atoms with E-state index in [0.717, 1.165) is 21.7 Å². The Kier molecular flexibility index (Phi) is 3.89. The maximum Gasteiger partial charge on any atom is 0.121 e. The van der Waals surface area contributed by atoms with E-state index in [1.807, 2.05) is 29.7 Å². The molecule has 0 amide bonds. The van der Waals surface area contributed by atoms with E-state index in [1.165, 1.54) is 0 Å². The number of rotatable bonds is 4. The highest BCUT2D eigenvalue weighted by Crippen LogP contribution is 2.25. The van der Waals surface area contributed by atoms with Crippen LogP contribution < -0.4 is 0 Å². The van der Waals surface area contributed by atoms with E-state index >= 15 is 0 Å². The molecule has 0 spiro atoms. The second-order valence-electron chi connectivity index (χ2n) is 3.78. The van der Waals surface area contributed by atoms with Crippen molar-refractivity contribution in [3.05, 3.63) is 34.8 Å². The summed E-state index contributed by atoms with van der Waals surface area (Å²) in [5, 5.41) is 0. The summed E-state index contributed by atoms with van der Waals surface area (Å²) < 4.78 is 14.9. The van der Waals surface area contributed by atoms with Gasteiger partial charge in [-0.05, 0) is 41.4 Å². The Morgan fingerprint density at radius 2 is 2.24 bits per heavy atom. The first-order valence-electron chi connectivity index (χ1n) is 5.43. The Hall–Kier alpha value is -1.23. The highest BCUT2D eigenvalue weighted by atomic mass is 79.9. The number of nitrogens with zero attached hydrogens (tertiary/aromatic N) is 3. The lowest BCUT2D eigenvalue weighted by Gasteiger charge is -2.03. The van der Waals surface area contributed by atoms with Crippen LogP contribution in [0, 0.1) is 6.92 Å². The summed E-state index contributed by atoms with van der Waals surface area (Å²) in [6.07, 6.45) is 2.20. The Morgan fingerprint density at radius 1 is 1.41 bits per heavy atom. The predicted molar refractivity (Wildman–Crippen MR) is 68.5 cm³/mol. The van der Waals surface area contributed by atoms with Crippen LogP contribution in [0.5, 0.6) is 0 Å². The number of alkyl halides is 1. The van der Waals surface area contributed by atoms with Gasteiger partial charge in [-0.3, -0.25) is 9.37 Å². The molecule has 5 heteroatoms. The molecule has 2 rings (SSSR count). The number of aromatic nitrogens is 3. The van der Waals surface area contributed by atoms with Gasteiger partial charge >= 0.3 is 0 Å². The number of hydrogen-bond donors (Lipinski definition) is 0. The maximum absolute atomic E-state index is 12.1. The van der Waals surface area contributed by atoms with Crippen molar-refractivity contribution in [2.45, 2.75) is 19.9 Å². The van der Waals surface area contributed by atoms with Crippen LogP contribution in [0.15, 0.2) is 29.1 Å². The van der Waals surface area contributed by atoms with Crippen molar-refractivity contribution >= 4 is 15.9 Å². The van der Waals surface area contributed by atoms with Gasteiger partial charge < -0.3 is 4.57 Å². The molecule has 0 aliphatic carbocycles. The third-order valence-corrected chi connectivity index (χ3v) is 3.27. The Balaban J connectivity index is 2.30. The Morgan fingerprint density at radius 3 is 2.94 bits per heavy atom. The van der Waals surface area contributed by atoms with Gasteiger partial charge in [-0.15, -0.1) is 0 Å². The van der Waals surface area contributed by atoms with Gasteiger partial charge in [0.1, 0.15) is 10.3 Å². The number of aryl methyl sites for hydroxylation is 2. The maximum atomic E-state index is 12.1. The number of halogens is 2. The fourth-order valence-electron chi connectivity index (χ4n) is 1.60. The minimum atomic E-state index is -0.317. The summed E-state index contributed by atoms with van der Waals surface area (Å²) in [6.45, 7) is 2.25. The molecule has 0 saturated heterocycles. The molecule has 0 unspecified atom stereocenters. The molecule has 0 atom stereocenters. The van der Waals surface area contributed by atoms with E-state index < -0.39 is 0 Å². The van der Waals surface area contributed by atoms with E-state index in [2.05, 4.69) is 25.9 Å². The van der Waals surface area contributed by atoms with Crippen molar-refractivity contribution in [1.29, 1.82) is 0 Å². The number of pyridine rings is 1. The molecule has 0 aliphatic heterocycles. The van der Waals surface area contributed by atoms with E-state index in [4.69, 9.17) is 0 Å². The number of hydrogen-bond acceptors (Lipinski definition) is 2. The second kappa shape index (κ2) is 5.40. The zero-order valence-corrected chi connectivity index (χ0v) is 11.1. The van der Waals surface area contributed by atoms with Crippen LogP contribution in [0.4, 0.5) is 4.39 Å². The normalized spacial score (nSPS) is 10.8. The highest BCUT2D eigenvalue weighted by Gasteiger charge is 2.11. The SMILES string of the molecule is Cc1cccc(-c2ncn(CCCF)c2Br)n1. The van der Waals surface area contributed by atoms with Crippen LogP contribution in [0.1, 0.15) is 12.1 Å². The van der Waals surface area contributed by atoms with Gasteiger partial charge in [-0.2, -0.15) is 0 Å². The van der Waals surface area contributed by atoms with Crippen LogP contribution in [0.2, 0.25) is 0 Å². The standard InChI is InChI=1S/C12H13BrFN3/c1-9-4-2-5-10(16-9)11-12(13)17(8-15-11)7-3-6-14/h2,4-5,8H,3,6-7H2,1H3. The quantitative estimate of drug-likeness (QED) is 0.866. The Labute approximate surface area is 108 Å². The minimum Gasteiger partial charge on any atom is -0.325 e. The van der Waals surface area contributed by atoms with Gasteiger partial charge in [-0.1, -0.05) is 6.07 Å². The van der Waals surface area contributed by atoms with E-state index in [0.29, 0.717) is 13.0 Å². The molecule has 0 aromatic carbocycles. The molecule has 0 radical (unpaired) electrons. The van der Waals surface area contributed by atoms with Crippen molar-refractivity contribution in [2.75, 3.05) is 6.67 Å². The lowest BCUT2D eigenvalue weighted by Crippen LogP contribution is -1.97. The zero-order chi connectivity index (χ0) is 12.3. The lowest BCUT2D eigenvalue weighted by molar-refractivity contribution is 0.445. The van der Waals surface area contributed by atoms with Crippen molar-refractivity contribution in [3.63, 3.8) is 0 Å². The molecule has 0 aliphatic rings. The van der Waals surface area contributed by atoms with Gasteiger partial charge in [0.05, 0.1) is 18.7 Å². The van der Waals surface area contributed by atoms with E-state index in [1.54, 1.807) is 6.33 Å². The van der Waals surface area contributed by atoms with Crippen LogP contribution in [0.25, 0.3) is 11.4 Å². The molecule has 2 heterocycles. The summed E-state index contributed by atoms with van der Waals surface area (Å²) in [5.41, 5.74) is 2.58. The van der Waals surface area contributed by atoms with Crippen LogP contribution in [-0.2, 0) is 6.54 Å². The van der Waals surface area contributed by atoms with Gasteiger partial charge in [0, 0.05) is 12.2 Å².